The predicted octanol–water partition coefficient (Wildman–Crippen LogP) is 7.87. The molecule has 11 rings (SSSR count). The first-order valence-corrected chi connectivity index (χ1v) is 25.4. The summed E-state index contributed by atoms with van der Waals surface area (Å²) in [6, 6.07) is 23.1. The lowest BCUT2D eigenvalue weighted by atomic mass is 9.59. The molecule has 352 valence electrons. The molecule has 1 saturated carbocycles. The zero-order chi connectivity index (χ0) is 45.9. The minimum Gasteiger partial charge on any atom is -0.470 e. The van der Waals surface area contributed by atoms with Crippen LogP contribution in [0.5, 0.6) is 5.88 Å². The smallest absolute Gasteiger partial charge is 0.293 e. The van der Waals surface area contributed by atoms with E-state index in [1.165, 1.54) is 48.9 Å². The number of aromatic nitrogens is 2. The molecule has 0 unspecified atom stereocenters. The van der Waals surface area contributed by atoms with Crippen LogP contribution >= 0.6 is 0 Å². The van der Waals surface area contributed by atoms with Crippen molar-refractivity contribution >= 4 is 55.4 Å². The Morgan fingerprint density at radius 3 is 2.58 bits per heavy atom. The topological polar surface area (TPSA) is 184 Å². The highest BCUT2D eigenvalue weighted by atomic mass is 32.2. The van der Waals surface area contributed by atoms with Gasteiger partial charge in [-0.15, -0.1) is 0 Å². The molecule has 3 atom stereocenters. The Morgan fingerprint density at radius 1 is 0.955 bits per heavy atom. The number of nitro groups is 1. The highest BCUT2D eigenvalue weighted by Gasteiger charge is 2.50. The van der Waals surface area contributed by atoms with Crippen LogP contribution in [0.15, 0.2) is 83.9 Å². The predicted molar refractivity (Wildman–Crippen MR) is 255 cm³/mol. The van der Waals surface area contributed by atoms with Crippen LogP contribution < -0.4 is 24.6 Å². The van der Waals surface area contributed by atoms with Gasteiger partial charge in [0.2, 0.25) is 5.88 Å². The van der Waals surface area contributed by atoms with Crippen LogP contribution in [-0.4, -0.2) is 105 Å². The van der Waals surface area contributed by atoms with Crippen molar-refractivity contribution in [2.24, 2.45) is 17.3 Å². The quantitative estimate of drug-likeness (QED) is 0.0860. The molecule has 5 fully saturated rings. The molecule has 7 heterocycles. The van der Waals surface area contributed by atoms with E-state index in [2.05, 4.69) is 56.0 Å². The minimum atomic E-state index is -4.58. The third-order valence-corrected chi connectivity index (χ3v) is 16.9. The summed E-state index contributed by atoms with van der Waals surface area (Å²) in [6.45, 7) is 8.11. The maximum atomic E-state index is 14.6. The van der Waals surface area contributed by atoms with Gasteiger partial charge in [0.05, 0.1) is 34.3 Å². The summed E-state index contributed by atoms with van der Waals surface area (Å²) in [5.74, 6) is -0.275. The van der Waals surface area contributed by atoms with Crippen molar-refractivity contribution in [1.82, 2.24) is 19.6 Å². The lowest BCUT2D eigenvalue weighted by molar-refractivity contribution is -0.384. The van der Waals surface area contributed by atoms with Gasteiger partial charge in [-0.25, -0.2) is 13.1 Å². The zero-order valence-electron chi connectivity index (χ0n) is 37.8. The molecular formula is C50H58N8O8S. The van der Waals surface area contributed by atoms with Crippen molar-refractivity contribution in [1.29, 1.82) is 0 Å². The first-order chi connectivity index (χ1) is 32.5. The van der Waals surface area contributed by atoms with E-state index >= 15 is 0 Å². The van der Waals surface area contributed by atoms with Crippen LogP contribution in [0.3, 0.4) is 0 Å². The fraction of sp³-hybridized carbons (Fsp3) is 0.480. The van der Waals surface area contributed by atoms with Crippen LogP contribution in [0.2, 0.25) is 0 Å². The molecular weight excluding hydrogens is 873 g/mol. The number of rotatable bonds is 11. The van der Waals surface area contributed by atoms with E-state index in [1.807, 2.05) is 35.4 Å². The second kappa shape index (κ2) is 17.7. The van der Waals surface area contributed by atoms with Gasteiger partial charge in [-0.3, -0.25) is 19.8 Å². The van der Waals surface area contributed by atoms with E-state index in [1.54, 1.807) is 6.07 Å². The van der Waals surface area contributed by atoms with Crippen LogP contribution in [0, 0.1) is 34.3 Å². The third-order valence-electron chi connectivity index (χ3n) is 15.6. The summed E-state index contributed by atoms with van der Waals surface area (Å²) >= 11 is 0. The summed E-state index contributed by atoms with van der Waals surface area (Å²) in [7, 11) is -4.58. The van der Waals surface area contributed by atoms with Crippen molar-refractivity contribution < 1.29 is 32.3 Å². The first-order valence-electron chi connectivity index (χ1n) is 23.9. The van der Waals surface area contributed by atoms with Crippen LogP contribution in [0.25, 0.3) is 11.0 Å². The number of aromatic amines is 1. The fourth-order valence-corrected chi connectivity index (χ4v) is 12.7. The van der Waals surface area contributed by atoms with Crippen molar-refractivity contribution in [3.8, 4) is 5.88 Å². The van der Waals surface area contributed by atoms with E-state index in [9.17, 15) is 23.3 Å². The standard InChI is InChI=1S/C50H58N8O8S/c1-32-5-2-3-6-39(32)42-7-4-18-56(42)37-26-50(27-37)15-19-55(20-16-50)36-8-10-40(43(24-36)57-29-35-30-65-31-46(35)66-49-45(57)23-34-12-17-51-47(34)53-49)48(59)54-67(62,63)38-9-11-41(44(25-38)58(60)61)52-28-33-13-21-64-22-14-33/h2-3,5-6,8-12,17,23-25,33,35,37,42,46,52H,4,7,13-16,18-22,26-31H2,1H3,(H,51,53)(H,54,59)/t35-,42-,46+/m0/s1. The highest BCUT2D eigenvalue weighted by Crippen LogP contribution is 2.54. The fourth-order valence-electron chi connectivity index (χ4n) is 11.7. The molecule has 1 amide bonds. The summed E-state index contributed by atoms with van der Waals surface area (Å²) in [6.07, 6.45) is 10.2. The maximum Gasteiger partial charge on any atom is 0.293 e. The van der Waals surface area contributed by atoms with E-state index in [0.29, 0.717) is 79.9 Å². The van der Waals surface area contributed by atoms with Gasteiger partial charge in [0.1, 0.15) is 23.1 Å². The van der Waals surface area contributed by atoms with Gasteiger partial charge in [-0.05, 0) is 130 Å². The Kier molecular flexibility index (Phi) is 11.6. The number of hydrogen-bond acceptors (Lipinski definition) is 13. The lowest BCUT2D eigenvalue weighted by Crippen LogP contribution is -2.54. The second-order valence-electron chi connectivity index (χ2n) is 19.6. The van der Waals surface area contributed by atoms with Gasteiger partial charge < -0.3 is 34.3 Å². The number of nitro benzene ring substituents is 1. The number of nitrogens with zero attached hydrogens (tertiary/aromatic N) is 5. The Bertz CT molecular complexity index is 2800. The Morgan fingerprint density at radius 2 is 1.78 bits per heavy atom. The van der Waals surface area contributed by atoms with Crippen molar-refractivity contribution in [3.05, 3.63) is 106 Å². The van der Waals surface area contributed by atoms with Gasteiger partial charge in [-0.1, -0.05) is 24.3 Å². The molecule has 67 heavy (non-hydrogen) atoms. The molecule has 5 aliphatic heterocycles. The van der Waals surface area contributed by atoms with Gasteiger partial charge in [0.25, 0.3) is 21.6 Å². The van der Waals surface area contributed by atoms with E-state index in [0.717, 1.165) is 62.5 Å². The van der Waals surface area contributed by atoms with E-state index < -0.39 is 31.4 Å². The molecule has 3 aromatic carbocycles. The number of amides is 1. The number of fused-ring (bicyclic) bond motifs is 3. The number of H-pyrrole nitrogens is 1. The molecule has 5 aromatic rings. The number of ether oxygens (including phenoxy) is 3. The van der Waals surface area contributed by atoms with Gasteiger partial charge in [-0.2, -0.15) is 4.98 Å². The number of benzene rings is 3. The number of aryl methyl sites for hydroxylation is 1. The Balaban J connectivity index is 0.874. The number of likely N-dealkylation sites (tertiary alicyclic amines) is 1. The molecule has 0 bridgehead atoms. The number of carbonyl (C=O) groups excluding carboxylic acids is 1. The minimum absolute atomic E-state index is 0.0719. The molecule has 1 aliphatic carbocycles. The molecule has 16 nitrogen and oxygen atoms in total. The van der Waals surface area contributed by atoms with Crippen molar-refractivity contribution in [3.63, 3.8) is 0 Å². The summed E-state index contributed by atoms with van der Waals surface area (Å²) in [5.41, 5.74) is 5.82. The summed E-state index contributed by atoms with van der Waals surface area (Å²) in [4.78, 5) is 41.1. The maximum absolute atomic E-state index is 14.6. The Labute approximate surface area is 390 Å². The largest absolute Gasteiger partial charge is 0.470 e. The summed E-state index contributed by atoms with van der Waals surface area (Å²) < 4.78 is 48.3. The number of nitrogens with one attached hydrogen (secondary N) is 3. The zero-order valence-corrected chi connectivity index (χ0v) is 38.6. The number of carbonyl (C=O) groups is 1. The number of anilines is 4. The molecule has 1 spiro atoms. The Hall–Kier alpha value is -5.75. The lowest BCUT2D eigenvalue weighted by Gasteiger charge is -2.56. The molecule has 6 aliphatic rings. The normalized spacial score (nSPS) is 23.3. The molecule has 4 saturated heterocycles. The van der Waals surface area contributed by atoms with Crippen LogP contribution in [-0.2, 0) is 19.5 Å². The number of sulfonamides is 1. The average molecular weight is 931 g/mol. The SMILES string of the molecule is Cc1ccccc1[C@@H]1CCCN1C1CC2(CCN(c3ccc(C(=O)NS(=O)(=O)c4ccc(NCC5CCOCC5)c([N+](=O)[O-])c4)c(N4C[C@H]5COC[C@H]5Oc5nc6[nH]ccc6cc54)c3)CC2)C1. The van der Waals surface area contributed by atoms with Crippen LogP contribution in [0.4, 0.5) is 28.4 Å². The second-order valence-corrected chi connectivity index (χ2v) is 21.3. The first kappa shape index (κ1) is 43.8. The van der Waals surface area contributed by atoms with E-state index in [4.69, 9.17) is 19.2 Å². The number of piperidine rings is 1. The van der Waals surface area contributed by atoms with Gasteiger partial charge in [0.15, 0.2) is 0 Å². The van der Waals surface area contributed by atoms with Gasteiger partial charge in [0, 0.05) is 80.7 Å². The third kappa shape index (κ3) is 8.48. The summed E-state index contributed by atoms with van der Waals surface area (Å²) in [5, 5.41) is 16.3. The van der Waals surface area contributed by atoms with Crippen molar-refractivity contribution in [2.75, 3.05) is 74.3 Å². The molecule has 2 aromatic heterocycles. The van der Waals surface area contributed by atoms with Crippen molar-refractivity contribution in [2.45, 2.75) is 81.4 Å². The molecule has 0 radical (unpaired) electrons. The van der Waals surface area contributed by atoms with Crippen LogP contribution in [0.1, 0.15) is 78.9 Å². The monoisotopic (exact) mass is 930 g/mol. The molecule has 3 N–H and O–H groups in total. The number of hydrogen-bond donors (Lipinski definition) is 3. The highest BCUT2D eigenvalue weighted by molar-refractivity contribution is 7.90. The average Bonchev–Trinajstić information content (AvgIpc) is 4.09. The van der Waals surface area contributed by atoms with Gasteiger partial charge >= 0.3 is 0 Å². The van der Waals surface area contributed by atoms with E-state index in [-0.39, 0.29) is 29.2 Å². The number of pyridine rings is 1. The molecule has 17 heteroatoms.